The van der Waals surface area contributed by atoms with E-state index in [1.807, 2.05) is 43.3 Å². The molecule has 1 aliphatic heterocycles. The summed E-state index contributed by atoms with van der Waals surface area (Å²) in [7, 11) is 0. The zero-order valence-electron chi connectivity index (χ0n) is 13.9. The first-order valence-corrected chi connectivity index (χ1v) is 8.17. The topological polar surface area (TPSA) is 47.6 Å². The maximum atomic E-state index is 12.2. The van der Waals surface area contributed by atoms with E-state index >= 15 is 0 Å². The van der Waals surface area contributed by atoms with Crippen LogP contribution in [0.5, 0.6) is 0 Å². The Labute approximate surface area is 138 Å². The first-order valence-electron chi connectivity index (χ1n) is 8.17. The first kappa shape index (κ1) is 17.3. The number of amides is 1. The largest absolute Gasteiger partial charge is 0.444 e. The molecule has 4 heteroatoms. The average molecular weight is 315 g/mol. The van der Waals surface area contributed by atoms with Gasteiger partial charge in [0.1, 0.15) is 6.61 Å². The molecule has 0 atom stereocenters. The third kappa shape index (κ3) is 5.25. The molecule has 1 N–H and O–H groups in total. The molecule has 1 aliphatic rings. The maximum Gasteiger partial charge on any atom is 0.411 e. The van der Waals surface area contributed by atoms with Crippen molar-refractivity contribution in [3.8, 4) is 0 Å². The molecule has 4 nitrogen and oxygen atoms in total. The van der Waals surface area contributed by atoms with Crippen LogP contribution in [0.25, 0.3) is 0 Å². The van der Waals surface area contributed by atoms with Gasteiger partial charge in [-0.1, -0.05) is 43.3 Å². The van der Waals surface area contributed by atoms with Crippen molar-refractivity contribution in [3.05, 3.63) is 58.8 Å². The lowest BCUT2D eigenvalue weighted by molar-refractivity contribution is 0.127. The number of rotatable bonds is 5. The summed E-state index contributed by atoms with van der Waals surface area (Å²) >= 11 is 0. The van der Waals surface area contributed by atoms with E-state index in [0.29, 0.717) is 6.61 Å². The van der Waals surface area contributed by atoms with Crippen molar-refractivity contribution in [3.63, 3.8) is 0 Å². The van der Waals surface area contributed by atoms with Gasteiger partial charge in [0, 0.05) is 12.3 Å². The Bertz CT molecular complexity index is 568. The monoisotopic (exact) mass is 315 g/mol. The first-order chi connectivity index (χ1) is 11.2. The highest BCUT2D eigenvalue weighted by Crippen LogP contribution is 2.22. The van der Waals surface area contributed by atoms with Crippen LogP contribution in [0, 0.1) is 0 Å². The molecule has 0 bridgehead atoms. The summed E-state index contributed by atoms with van der Waals surface area (Å²) in [6.45, 7) is 5.69. The second-order valence-corrected chi connectivity index (χ2v) is 5.49. The minimum absolute atomic E-state index is 0.267. The molecule has 0 spiro atoms. The molecule has 23 heavy (non-hydrogen) atoms. The zero-order valence-corrected chi connectivity index (χ0v) is 13.9. The Balaban J connectivity index is 2.03. The molecule has 1 fully saturated rings. The number of hydrogen-bond donors (Lipinski definition) is 1. The van der Waals surface area contributed by atoms with Crippen molar-refractivity contribution in [1.29, 1.82) is 0 Å². The Morgan fingerprint density at radius 3 is 2.74 bits per heavy atom. The van der Waals surface area contributed by atoms with E-state index in [9.17, 15) is 4.79 Å². The highest BCUT2D eigenvalue weighted by atomic mass is 16.5. The summed E-state index contributed by atoms with van der Waals surface area (Å²) in [5.74, 6) is 0. The molecule has 1 saturated heterocycles. The third-order valence-corrected chi connectivity index (χ3v) is 3.89. The van der Waals surface area contributed by atoms with Crippen LogP contribution in [0.3, 0.4) is 0 Å². The van der Waals surface area contributed by atoms with Gasteiger partial charge in [-0.25, -0.2) is 4.79 Å². The van der Waals surface area contributed by atoms with E-state index in [1.165, 1.54) is 0 Å². The summed E-state index contributed by atoms with van der Waals surface area (Å²) in [4.78, 5) is 12.2. The van der Waals surface area contributed by atoms with E-state index < -0.39 is 6.09 Å². The second-order valence-electron chi connectivity index (χ2n) is 5.49. The van der Waals surface area contributed by atoms with Gasteiger partial charge in [-0.15, -0.1) is 0 Å². The minimum atomic E-state index is -0.422. The smallest absolute Gasteiger partial charge is 0.411 e. The highest BCUT2D eigenvalue weighted by Gasteiger charge is 2.17. The van der Waals surface area contributed by atoms with Gasteiger partial charge in [0.05, 0.1) is 6.61 Å². The van der Waals surface area contributed by atoms with E-state index in [4.69, 9.17) is 9.47 Å². The number of carbonyl (C=O) groups excluding carboxylic acids is 1. The normalized spacial score (nSPS) is 17.6. The Morgan fingerprint density at radius 2 is 2.13 bits per heavy atom. The van der Waals surface area contributed by atoms with Crippen molar-refractivity contribution >= 4 is 6.09 Å². The van der Waals surface area contributed by atoms with Crippen LogP contribution < -0.4 is 5.32 Å². The number of nitrogens with one attached hydrogen (secondary N) is 1. The molecule has 0 aliphatic carbocycles. The molecule has 0 unspecified atom stereocenters. The van der Waals surface area contributed by atoms with E-state index in [-0.39, 0.29) is 6.61 Å². The van der Waals surface area contributed by atoms with Crippen LogP contribution in [0.15, 0.2) is 53.3 Å². The van der Waals surface area contributed by atoms with Crippen molar-refractivity contribution in [2.75, 3.05) is 13.2 Å². The molecule has 1 aromatic carbocycles. The molecular weight excluding hydrogens is 290 g/mol. The maximum absolute atomic E-state index is 12.2. The lowest BCUT2D eigenvalue weighted by Crippen LogP contribution is -2.27. The number of alkyl carbamates (subject to hydrolysis) is 1. The van der Waals surface area contributed by atoms with Gasteiger partial charge < -0.3 is 9.47 Å². The molecule has 1 heterocycles. The second kappa shape index (κ2) is 9.16. The fourth-order valence-corrected chi connectivity index (χ4v) is 2.63. The Kier molecular flexibility index (Phi) is 6.88. The molecule has 0 aromatic heterocycles. The van der Waals surface area contributed by atoms with Crippen LogP contribution in [0.4, 0.5) is 4.79 Å². The van der Waals surface area contributed by atoms with Gasteiger partial charge in [-0.3, -0.25) is 5.32 Å². The van der Waals surface area contributed by atoms with Crippen LogP contribution in [-0.4, -0.2) is 19.3 Å². The van der Waals surface area contributed by atoms with Gasteiger partial charge >= 0.3 is 6.09 Å². The van der Waals surface area contributed by atoms with Crippen LogP contribution in [-0.2, 0) is 16.1 Å². The molecule has 0 saturated carbocycles. The van der Waals surface area contributed by atoms with Crippen LogP contribution in [0.1, 0.15) is 38.7 Å². The summed E-state index contributed by atoms with van der Waals surface area (Å²) < 4.78 is 10.9. The van der Waals surface area contributed by atoms with Gasteiger partial charge in [0.25, 0.3) is 0 Å². The molecule has 0 radical (unpaired) electrons. The summed E-state index contributed by atoms with van der Waals surface area (Å²) in [5, 5.41) is 2.93. The predicted molar refractivity (Wildman–Crippen MR) is 90.9 cm³/mol. The fraction of sp³-hybridized carbons (Fsp3) is 0.421. The predicted octanol–water partition coefficient (Wildman–Crippen LogP) is 4.33. The number of ether oxygens (including phenoxy) is 2. The lowest BCUT2D eigenvalue weighted by atomic mass is 10.00. The van der Waals surface area contributed by atoms with Crippen molar-refractivity contribution in [2.45, 2.75) is 39.7 Å². The van der Waals surface area contributed by atoms with Gasteiger partial charge in [-0.2, -0.15) is 0 Å². The summed E-state index contributed by atoms with van der Waals surface area (Å²) in [5.41, 5.74) is 4.09. The van der Waals surface area contributed by atoms with Crippen LogP contribution in [0.2, 0.25) is 0 Å². The molecule has 1 amide bonds. The summed E-state index contributed by atoms with van der Waals surface area (Å²) in [6, 6.07) is 9.67. The number of carbonyl (C=O) groups is 1. The van der Waals surface area contributed by atoms with Crippen molar-refractivity contribution in [2.24, 2.45) is 0 Å². The minimum Gasteiger partial charge on any atom is -0.444 e. The van der Waals surface area contributed by atoms with Crippen molar-refractivity contribution < 1.29 is 14.3 Å². The highest BCUT2D eigenvalue weighted by molar-refractivity contribution is 5.71. The van der Waals surface area contributed by atoms with Gasteiger partial charge in [-0.05, 0) is 42.9 Å². The average Bonchev–Trinajstić information content (AvgIpc) is 2.62. The molecule has 124 valence electrons. The molecule has 2 rings (SSSR count). The van der Waals surface area contributed by atoms with E-state index in [2.05, 4.69) is 12.2 Å². The SMILES string of the molecule is CC=C(CC)C(NC(=O)OCc1ccccc1)=C1CCCOC1. The Hall–Kier alpha value is -2.07. The van der Waals surface area contributed by atoms with Gasteiger partial charge in [0.15, 0.2) is 0 Å². The molecular formula is C19H25NO3. The zero-order chi connectivity index (χ0) is 16.5. The number of allylic oxidation sites excluding steroid dienone is 2. The number of hydrogen-bond acceptors (Lipinski definition) is 3. The van der Waals surface area contributed by atoms with Gasteiger partial charge in [0.2, 0.25) is 0 Å². The molecule has 1 aromatic rings. The lowest BCUT2D eigenvalue weighted by Gasteiger charge is -2.21. The van der Waals surface area contributed by atoms with E-state index in [1.54, 1.807) is 0 Å². The van der Waals surface area contributed by atoms with E-state index in [0.717, 1.165) is 48.3 Å². The van der Waals surface area contributed by atoms with Crippen LogP contribution >= 0.6 is 0 Å². The third-order valence-electron chi connectivity index (χ3n) is 3.89. The standard InChI is InChI=1S/C19H25NO3/c1-3-16(4-2)18(17-11-8-12-22-14-17)20-19(21)23-13-15-9-6-5-7-10-15/h3,5-7,9-10H,4,8,11-14H2,1-2H3,(H,20,21). The quantitative estimate of drug-likeness (QED) is 0.879. The number of benzene rings is 1. The summed E-state index contributed by atoms with van der Waals surface area (Å²) in [6.07, 6.45) is 4.41. The van der Waals surface area contributed by atoms with Crippen molar-refractivity contribution in [1.82, 2.24) is 5.32 Å². The fourth-order valence-electron chi connectivity index (χ4n) is 2.63. The Morgan fingerprint density at radius 1 is 1.35 bits per heavy atom.